The van der Waals surface area contributed by atoms with Gasteiger partial charge < -0.3 is 4.90 Å². The van der Waals surface area contributed by atoms with E-state index in [1.54, 1.807) is 7.05 Å². The van der Waals surface area contributed by atoms with Crippen molar-refractivity contribution in [2.75, 3.05) is 26.2 Å². The SMILES string of the molecule is Cc1c([N+](=O)[O-])cnn1CC(=O)N1CCN(S(=O)(=O)c2cnn(C)c2)CC1. The lowest BCUT2D eigenvalue weighted by atomic mass is 10.3. The first kappa shape index (κ1) is 19.0. The number of sulfonamides is 1. The summed E-state index contributed by atoms with van der Waals surface area (Å²) in [5.41, 5.74) is 0.154. The number of carbonyl (C=O) groups is 1. The molecule has 3 heterocycles. The molecule has 13 heteroatoms. The van der Waals surface area contributed by atoms with E-state index in [4.69, 9.17) is 0 Å². The van der Waals surface area contributed by atoms with Gasteiger partial charge in [0.1, 0.15) is 23.3 Å². The van der Waals surface area contributed by atoms with Crippen molar-refractivity contribution in [1.29, 1.82) is 0 Å². The number of hydrogen-bond donors (Lipinski definition) is 0. The molecular weight excluding hydrogens is 378 g/mol. The molecule has 1 fully saturated rings. The Labute approximate surface area is 155 Å². The lowest BCUT2D eigenvalue weighted by Gasteiger charge is -2.33. The van der Waals surface area contributed by atoms with E-state index in [1.807, 2.05) is 0 Å². The maximum atomic E-state index is 12.6. The Hall–Kier alpha value is -2.80. The monoisotopic (exact) mass is 397 g/mol. The molecule has 2 aromatic heterocycles. The first-order chi connectivity index (χ1) is 12.7. The van der Waals surface area contributed by atoms with Crippen LogP contribution >= 0.6 is 0 Å². The number of nitro groups is 1. The topological polar surface area (TPSA) is 136 Å². The van der Waals surface area contributed by atoms with E-state index in [9.17, 15) is 23.3 Å². The van der Waals surface area contributed by atoms with Crippen molar-refractivity contribution < 1.29 is 18.1 Å². The average Bonchev–Trinajstić information content (AvgIpc) is 3.22. The van der Waals surface area contributed by atoms with Crippen LogP contribution in [0.25, 0.3) is 0 Å². The molecule has 1 aliphatic heterocycles. The van der Waals surface area contributed by atoms with Crippen LogP contribution in [-0.2, 0) is 28.4 Å². The minimum Gasteiger partial charge on any atom is -0.338 e. The fourth-order valence-corrected chi connectivity index (χ4v) is 4.27. The van der Waals surface area contributed by atoms with E-state index >= 15 is 0 Å². The second-order valence-corrected chi connectivity index (χ2v) is 8.10. The lowest BCUT2D eigenvalue weighted by Crippen LogP contribution is -2.51. The number of aromatic nitrogens is 4. The van der Waals surface area contributed by atoms with Gasteiger partial charge in [0.15, 0.2) is 0 Å². The van der Waals surface area contributed by atoms with Crippen molar-refractivity contribution in [3.05, 3.63) is 34.4 Å². The molecule has 146 valence electrons. The maximum absolute atomic E-state index is 12.6. The fraction of sp³-hybridized carbons (Fsp3) is 0.500. The zero-order valence-electron chi connectivity index (χ0n) is 14.8. The Kier molecular flexibility index (Phi) is 4.97. The second-order valence-electron chi connectivity index (χ2n) is 6.16. The van der Waals surface area contributed by atoms with Crippen LogP contribution in [0.4, 0.5) is 5.69 Å². The van der Waals surface area contributed by atoms with E-state index in [1.165, 1.54) is 37.9 Å². The third-order valence-electron chi connectivity index (χ3n) is 4.47. The van der Waals surface area contributed by atoms with Gasteiger partial charge in [-0.15, -0.1) is 0 Å². The van der Waals surface area contributed by atoms with Crippen molar-refractivity contribution >= 4 is 21.6 Å². The first-order valence-electron chi connectivity index (χ1n) is 8.13. The number of amides is 1. The van der Waals surface area contributed by atoms with Gasteiger partial charge in [-0.05, 0) is 6.92 Å². The van der Waals surface area contributed by atoms with Crippen molar-refractivity contribution in [3.63, 3.8) is 0 Å². The third kappa shape index (κ3) is 3.68. The molecule has 1 saturated heterocycles. The normalized spacial score (nSPS) is 15.9. The molecular formula is C14H19N7O5S. The summed E-state index contributed by atoms with van der Waals surface area (Å²) < 4.78 is 29.2. The molecule has 0 aliphatic carbocycles. The Morgan fingerprint density at radius 2 is 1.89 bits per heavy atom. The molecule has 0 bridgehead atoms. The molecule has 0 atom stereocenters. The summed E-state index contributed by atoms with van der Waals surface area (Å²) in [6.07, 6.45) is 3.83. The fourth-order valence-electron chi connectivity index (χ4n) is 2.86. The first-order valence-corrected chi connectivity index (χ1v) is 9.57. The zero-order chi connectivity index (χ0) is 19.8. The van der Waals surface area contributed by atoms with Crippen molar-refractivity contribution in [3.8, 4) is 0 Å². The molecule has 0 unspecified atom stereocenters. The van der Waals surface area contributed by atoms with Crippen LogP contribution in [0.1, 0.15) is 5.69 Å². The summed E-state index contributed by atoms with van der Waals surface area (Å²) in [5.74, 6) is -0.269. The number of hydrogen-bond acceptors (Lipinski definition) is 7. The molecule has 1 aliphatic rings. The Morgan fingerprint density at radius 3 is 2.41 bits per heavy atom. The molecule has 3 rings (SSSR count). The summed E-state index contributed by atoms with van der Waals surface area (Å²) >= 11 is 0. The van der Waals surface area contributed by atoms with Gasteiger partial charge in [0.2, 0.25) is 15.9 Å². The van der Waals surface area contributed by atoms with Gasteiger partial charge in [0, 0.05) is 39.4 Å². The number of piperazine rings is 1. The van der Waals surface area contributed by atoms with Gasteiger partial charge in [-0.25, -0.2) is 8.42 Å². The summed E-state index contributed by atoms with van der Waals surface area (Å²) in [7, 11) is -2.01. The van der Waals surface area contributed by atoms with Crippen molar-refractivity contribution in [2.45, 2.75) is 18.4 Å². The minimum absolute atomic E-state index is 0.115. The summed E-state index contributed by atoms with van der Waals surface area (Å²) in [5, 5.41) is 18.6. The maximum Gasteiger partial charge on any atom is 0.309 e. The molecule has 1 amide bonds. The highest BCUT2D eigenvalue weighted by molar-refractivity contribution is 7.89. The summed E-state index contributed by atoms with van der Waals surface area (Å²) in [6, 6.07) is 0. The predicted octanol–water partition coefficient (Wildman–Crippen LogP) is -0.634. The molecule has 2 aromatic rings. The minimum atomic E-state index is -3.64. The molecule has 0 N–H and O–H groups in total. The Bertz CT molecular complexity index is 972. The van der Waals surface area contributed by atoms with Gasteiger partial charge in [-0.2, -0.15) is 14.5 Å². The molecule has 27 heavy (non-hydrogen) atoms. The van der Waals surface area contributed by atoms with Gasteiger partial charge in [0.05, 0.1) is 11.1 Å². The second kappa shape index (κ2) is 7.08. The van der Waals surface area contributed by atoms with Gasteiger partial charge >= 0.3 is 5.69 Å². The van der Waals surface area contributed by atoms with Gasteiger partial charge in [-0.1, -0.05) is 0 Å². The average molecular weight is 397 g/mol. The standard InChI is InChI=1S/C14H19N7O5S/c1-11-13(21(23)24)8-16-20(11)10-14(22)18-3-5-19(6-4-18)27(25,26)12-7-15-17(2)9-12/h7-9H,3-6,10H2,1-2H3. The van der Waals surface area contributed by atoms with Gasteiger partial charge in [0.25, 0.3) is 0 Å². The van der Waals surface area contributed by atoms with Crippen LogP contribution < -0.4 is 0 Å². The zero-order valence-corrected chi connectivity index (χ0v) is 15.7. The van der Waals surface area contributed by atoms with Crippen LogP contribution in [0, 0.1) is 17.0 Å². The van der Waals surface area contributed by atoms with Crippen LogP contribution in [0.2, 0.25) is 0 Å². The molecule has 0 saturated carbocycles. The highest BCUT2D eigenvalue weighted by Gasteiger charge is 2.31. The van der Waals surface area contributed by atoms with Crippen LogP contribution in [0.3, 0.4) is 0 Å². The predicted molar refractivity (Wildman–Crippen MR) is 92.2 cm³/mol. The van der Waals surface area contributed by atoms with Crippen LogP contribution in [0.5, 0.6) is 0 Å². The quantitative estimate of drug-likeness (QED) is 0.484. The molecule has 0 spiro atoms. The molecule has 0 radical (unpaired) electrons. The van der Waals surface area contributed by atoms with E-state index in [0.29, 0.717) is 5.69 Å². The number of aryl methyl sites for hydroxylation is 1. The van der Waals surface area contributed by atoms with Crippen molar-refractivity contribution in [1.82, 2.24) is 28.8 Å². The third-order valence-corrected chi connectivity index (χ3v) is 6.32. The summed E-state index contributed by atoms with van der Waals surface area (Å²) in [6.45, 7) is 2.20. The van der Waals surface area contributed by atoms with Gasteiger partial charge in [-0.3, -0.25) is 24.3 Å². The van der Waals surface area contributed by atoms with E-state index in [2.05, 4.69) is 10.2 Å². The lowest BCUT2D eigenvalue weighted by molar-refractivity contribution is -0.385. The number of nitrogens with zero attached hydrogens (tertiary/aromatic N) is 7. The van der Waals surface area contributed by atoms with E-state index in [0.717, 1.165) is 6.20 Å². The van der Waals surface area contributed by atoms with E-state index in [-0.39, 0.29) is 49.2 Å². The summed E-state index contributed by atoms with van der Waals surface area (Å²) in [4.78, 5) is 24.4. The van der Waals surface area contributed by atoms with E-state index < -0.39 is 14.9 Å². The number of carbonyl (C=O) groups excluding carboxylic acids is 1. The molecule has 0 aromatic carbocycles. The Morgan fingerprint density at radius 1 is 1.22 bits per heavy atom. The number of rotatable bonds is 5. The smallest absolute Gasteiger partial charge is 0.309 e. The highest BCUT2D eigenvalue weighted by Crippen LogP contribution is 2.18. The van der Waals surface area contributed by atoms with Crippen molar-refractivity contribution in [2.24, 2.45) is 7.05 Å². The molecule has 12 nitrogen and oxygen atoms in total. The highest BCUT2D eigenvalue weighted by atomic mass is 32.2. The largest absolute Gasteiger partial charge is 0.338 e. The van der Waals surface area contributed by atoms with Crippen LogP contribution in [-0.4, -0.2) is 74.2 Å². The Balaban J connectivity index is 1.62. The van der Waals surface area contributed by atoms with Crippen LogP contribution in [0.15, 0.2) is 23.5 Å².